The Kier molecular flexibility index (Phi) is 4.81. The molecule has 1 aliphatic heterocycles. The molecule has 0 saturated carbocycles. The Labute approximate surface area is 164 Å². The van der Waals surface area contributed by atoms with Crippen molar-refractivity contribution in [3.63, 3.8) is 0 Å². The lowest BCUT2D eigenvalue weighted by Gasteiger charge is -2.36. The quantitative estimate of drug-likeness (QED) is 0.721. The van der Waals surface area contributed by atoms with Crippen molar-refractivity contribution in [2.45, 2.75) is 39.9 Å². The number of amides is 1. The van der Waals surface area contributed by atoms with Gasteiger partial charge in [-0.25, -0.2) is 4.98 Å². The minimum absolute atomic E-state index is 0.144. The topological polar surface area (TPSA) is 70.2 Å². The van der Waals surface area contributed by atoms with Crippen molar-refractivity contribution in [3.05, 3.63) is 53.3 Å². The lowest BCUT2D eigenvalue weighted by Crippen LogP contribution is -2.45. The van der Waals surface area contributed by atoms with Crippen LogP contribution in [-0.2, 0) is 4.74 Å². The molecular formula is C22H26N4O2. The number of carbonyl (C=O) groups excluding carboxylic acids is 1. The van der Waals surface area contributed by atoms with E-state index in [9.17, 15) is 4.79 Å². The van der Waals surface area contributed by atoms with Gasteiger partial charge in [-0.3, -0.25) is 4.79 Å². The zero-order valence-electron chi connectivity index (χ0n) is 16.7. The van der Waals surface area contributed by atoms with Gasteiger partial charge in [-0.1, -0.05) is 12.1 Å². The molecule has 146 valence electrons. The molecule has 1 amide bonds. The molecule has 6 nitrogen and oxygen atoms in total. The van der Waals surface area contributed by atoms with E-state index in [2.05, 4.69) is 41.0 Å². The van der Waals surface area contributed by atoms with Gasteiger partial charge in [0.15, 0.2) is 0 Å². The summed E-state index contributed by atoms with van der Waals surface area (Å²) < 4.78 is 5.78. The molecule has 0 unspecified atom stereocenters. The summed E-state index contributed by atoms with van der Waals surface area (Å²) in [6, 6.07) is 9.64. The summed E-state index contributed by atoms with van der Waals surface area (Å²) in [5, 5.41) is 4.04. The van der Waals surface area contributed by atoms with Gasteiger partial charge >= 0.3 is 0 Å². The first-order valence-corrected chi connectivity index (χ1v) is 9.68. The third-order valence-electron chi connectivity index (χ3n) is 5.34. The number of aryl methyl sites for hydroxylation is 2. The van der Waals surface area contributed by atoms with Gasteiger partial charge in [0, 0.05) is 24.2 Å². The number of fused-ring (bicyclic) bond motifs is 1. The number of aromatic amines is 1. The van der Waals surface area contributed by atoms with Gasteiger partial charge < -0.3 is 19.9 Å². The fraction of sp³-hybridized carbons (Fsp3) is 0.364. The number of nitrogens with zero attached hydrogens (tertiary/aromatic N) is 2. The van der Waals surface area contributed by atoms with E-state index in [-0.39, 0.29) is 18.1 Å². The van der Waals surface area contributed by atoms with Crippen molar-refractivity contribution >= 4 is 28.3 Å². The molecule has 1 aliphatic rings. The number of anilines is 2. The Morgan fingerprint density at radius 2 is 1.93 bits per heavy atom. The number of morpholine rings is 1. The molecule has 2 aromatic heterocycles. The zero-order chi connectivity index (χ0) is 19.8. The van der Waals surface area contributed by atoms with Gasteiger partial charge in [0.05, 0.1) is 35.2 Å². The van der Waals surface area contributed by atoms with Crippen LogP contribution in [-0.4, -0.2) is 41.2 Å². The van der Waals surface area contributed by atoms with Crippen molar-refractivity contribution in [2.24, 2.45) is 0 Å². The number of hydrogen-bond donors (Lipinski definition) is 2. The summed E-state index contributed by atoms with van der Waals surface area (Å²) in [6.07, 6.45) is 2.07. The first-order chi connectivity index (χ1) is 13.4. The SMILES string of the molecule is Cc1[nH]c2c(C(=O)Nc3ccc(N4C[C@@H](C)O[C@H](C)C4)nc3)cccc2c1C. The molecule has 1 aromatic carbocycles. The molecule has 3 aromatic rings. The van der Waals surface area contributed by atoms with Crippen LogP contribution in [0.15, 0.2) is 36.5 Å². The second-order valence-corrected chi connectivity index (χ2v) is 7.62. The monoisotopic (exact) mass is 378 g/mol. The van der Waals surface area contributed by atoms with Crippen LogP contribution in [0, 0.1) is 13.8 Å². The van der Waals surface area contributed by atoms with E-state index in [1.54, 1.807) is 6.20 Å². The first kappa shape index (κ1) is 18.5. The molecule has 4 rings (SSSR count). The number of hydrogen-bond acceptors (Lipinski definition) is 4. The number of pyridine rings is 1. The summed E-state index contributed by atoms with van der Waals surface area (Å²) in [4.78, 5) is 22.9. The number of nitrogens with one attached hydrogen (secondary N) is 2. The molecular weight excluding hydrogens is 352 g/mol. The smallest absolute Gasteiger partial charge is 0.257 e. The number of rotatable bonds is 3. The van der Waals surface area contributed by atoms with Gasteiger partial charge in [0.1, 0.15) is 5.82 Å². The largest absolute Gasteiger partial charge is 0.372 e. The molecule has 0 bridgehead atoms. The molecule has 3 heterocycles. The van der Waals surface area contributed by atoms with E-state index >= 15 is 0 Å². The van der Waals surface area contributed by atoms with Crippen molar-refractivity contribution in [1.29, 1.82) is 0 Å². The van der Waals surface area contributed by atoms with Gasteiger partial charge in [0.25, 0.3) is 5.91 Å². The van der Waals surface area contributed by atoms with Gasteiger partial charge in [-0.2, -0.15) is 0 Å². The zero-order valence-corrected chi connectivity index (χ0v) is 16.7. The summed E-state index contributed by atoms with van der Waals surface area (Å²) >= 11 is 0. The second kappa shape index (κ2) is 7.28. The highest BCUT2D eigenvalue weighted by atomic mass is 16.5. The molecule has 1 saturated heterocycles. The van der Waals surface area contributed by atoms with Crippen molar-refractivity contribution in [1.82, 2.24) is 9.97 Å². The van der Waals surface area contributed by atoms with E-state index < -0.39 is 0 Å². The van der Waals surface area contributed by atoms with E-state index in [4.69, 9.17) is 4.74 Å². The van der Waals surface area contributed by atoms with Crippen LogP contribution in [0.3, 0.4) is 0 Å². The predicted octanol–water partition coefficient (Wildman–Crippen LogP) is 4.05. The Hall–Kier alpha value is -2.86. The summed E-state index contributed by atoms with van der Waals surface area (Å²) in [6.45, 7) is 9.86. The molecule has 0 aliphatic carbocycles. The summed E-state index contributed by atoms with van der Waals surface area (Å²) in [5.41, 5.74) is 4.43. The van der Waals surface area contributed by atoms with Crippen LogP contribution in [0.25, 0.3) is 10.9 Å². The number of carbonyl (C=O) groups is 1. The minimum Gasteiger partial charge on any atom is -0.372 e. The lowest BCUT2D eigenvalue weighted by molar-refractivity contribution is -0.00545. The normalized spacial score (nSPS) is 19.8. The van der Waals surface area contributed by atoms with Gasteiger partial charge in [-0.15, -0.1) is 0 Å². The Morgan fingerprint density at radius 3 is 2.61 bits per heavy atom. The van der Waals surface area contributed by atoms with E-state index in [0.29, 0.717) is 11.3 Å². The standard InChI is InChI=1S/C22H26N4O2/c1-13-11-26(12-14(2)28-13)20-9-8-17(10-23-20)25-22(27)19-7-5-6-18-15(3)16(4)24-21(18)19/h5-10,13-14,24H,11-12H2,1-4H3,(H,25,27)/t13-,14-/m1/s1. The fourth-order valence-electron chi connectivity index (χ4n) is 3.88. The maximum absolute atomic E-state index is 12.8. The molecule has 1 fully saturated rings. The lowest BCUT2D eigenvalue weighted by atomic mass is 10.1. The molecule has 0 radical (unpaired) electrons. The summed E-state index contributed by atoms with van der Waals surface area (Å²) in [5.74, 6) is 0.757. The third-order valence-corrected chi connectivity index (χ3v) is 5.34. The molecule has 6 heteroatoms. The molecule has 28 heavy (non-hydrogen) atoms. The fourth-order valence-corrected chi connectivity index (χ4v) is 3.88. The van der Waals surface area contributed by atoms with Crippen molar-refractivity contribution < 1.29 is 9.53 Å². The van der Waals surface area contributed by atoms with Crippen LogP contribution < -0.4 is 10.2 Å². The van der Waals surface area contributed by atoms with Gasteiger partial charge in [0.2, 0.25) is 0 Å². The number of para-hydroxylation sites is 1. The van der Waals surface area contributed by atoms with Crippen LogP contribution in [0.5, 0.6) is 0 Å². The summed E-state index contributed by atoms with van der Waals surface area (Å²) in [7, 11) is 0. The third kappa shape index (κ3) is 3.47. The van der Waals surface area contributed by atoms with Gasteiger partial charge in [-0.05, 0) is 51.5 Å². The van der Waals surface area contributed by atoms with E-state index in [1.165, 1.54) is 5.56 Å². The Bertz CT molecular complexity index is 999. The van der Waals surface area contributed by atoms with E-state index in [0.717, 1.165) is 35.5 Å². The van der Waals surface area contributed by atoms with Crippen molar-refractivity contribution in [2.75, 3.05) is 23.3 Å². The number of ether oxygens (including phenoxy) is 1. The molecule has 2 N–H and O–H groups in total. The van der Waals surface area contributed by atoms with Crippen LogP contribution in [0.4, 0.5) is 11.5 Å². The Balaban J connectivity index is 1.52. The number of benzene rings is 1. The highest BCUT2D eigenvalue weighted by Gasteiger charge is 2.23. The Morgan fingerprint density at radius 1 is 1.18 bits per heavy atom. The maximum atomic E-state index is 12.8. The molecule has 0 spiro atoms. The first-order valence-electron chi connectivity index (χ1n) is 9.68. The van der Waals surface area contributed by atoms with E-state index in [1.807, 2.05) is 37.3 Å². The van der Waals surface area contributed by atoms with Crippen LogP contribution in [0.2, 0.25) is 0 Å². The maximum Gasteiger partial charge on any atom is 0.257 e. The number of aromatic nitrogens is 2. The molecule has 2 atom stereocenters. The highest BCUT2D eigenvalue weighted by Crippen LogP contribution is 2.25. The van der Waals surface area contributed by atoms with Crippen molar-refractivity contribution in [3.8, 4) is 0 Å². The predicted molar refractivity (Wildman–Crippen MR) is 112 cm³/mol. The minimum atomic E-state index is -0.144. The number of H-pyrrole nitrogens is 1. The average molecular weight is 378 g/mol. The average Bonchev–Trinajstić information content (AvgIpc) is 2.96. The second-order valence-electron chi connectivity index (χ2n) is 7.62. The van der Waals surface area contributed by atoms with Crippen LogP contribution in [0.1, 0.15) is 35.5 Å². The highest BCUT2D eigenvalue weighted by molar-refractivity contribution is 6.12. The van der Waals surface area contributed by atoms with Crippen LogP contribution >= 0.6 is 0 Å².